The Morgan fingerprint density at radius 3 is 2.87 bits per heavy atom. The average Bonchev–Trinajstić information content (AvgIpc) is 3.06. The summed E-state index contributed by atoms with van der Waals surface area (Å²) in [6.45, 7) is 3.89. The van der Waals surface area contributed by atoms with Crippen LogP contribution in [0, 0.1) is 6.92 Å². The number of carbonyl (C=O) groups excluding carboxylic acids is 1. The van der Waals surface area contributed by atoms with Crippen molar-refractivity contribution >= 4 is 17.7 Å². The fourth-order valence-corrected chi connectivity index (χ4v) is 3.94. The van der Waals surface area contributed by atoms with Crippen molar-refractivity contribution in [2.75, 3.05) is 18.8 Å². The van der Waals surface area contributed by atoms with E-state index in [1.54, 1.807) is 18.0 Å². The van der Waals surface area contributed by atoms with Gasteiger partial charge in [0.15, 0.2) is 0 Å². The van der Waals surface area contributed by atoms with E-state index in [4.69, 9.17) is 0 Å². The molecule has 0 radical (unpaired) electrons. The molecular formula is C19H22N2OS. The second kappa shape index (κ2) is 7.64. The van der Waals surface area contributed by atoms with E-state index in [0.29, 0.717) is 11.7 Å². The minimum Gasteiger partial charge on any atom is -0.341 e. The van der Waals surface area contributed by atoms with Gasteiger partial charge in [0.25, 0.3) is 0 Å². The van der Waals surface area contributed by atoms with Crippen molar-refractivity contribution in [1.82, 2.24) is 9.88 Å². The predicted molar refractivity (Wildman–Crippen MR) is 95.5 cm³/mol. The summed E-state index contributed by atoms with van der Waals surface area (Å²) in [6, 6.07) is 14.4. The first-order valence-corrected chi connectivity index (χ1v) is 9.20. The van der Waals surface area contributed by atoms with Crippen LogP contribution in [0.1, 0.15) is 29.2 Å². The Morgan fingerprint density at radius 1 is 1.26 bits per heavy atom. The molecular weight excluding hydrogens is 304 g/mol. The summed E-state index contributed by atoms with van der Waals surface area (Å²) in [5.41, 5.74) is 3.75. The van der Waals surface area contributed by atoms with Crippen molar-refractivity contribution in [3.8, 4) is 0 Å². The predicted octanol–water partition coefficient (Wildman–Crippen LogP) is 3.64. The Morgan fingerprint density at radius 2 is 2.09 bits per heavy atom. The molecule has 120 valence electrons. The minimum absolute atomic E-state index is 0.252. The molecule has 1 aromatic heterocycles. The van der Waals surface area contributed by atoms with E-state index in [1.807, 2.05) is 23.1 Å². The third-order valence-electron chi connectivity index (χ3n) is 4.37. The Kier molecular flexibility index (Phi) is 5.34. The molecule has 0 saturated carbocycles. The van der Waals surface area contributed by atoms with E-state index in [0.717, 1.165) is 31.0 Å². The number of pyridine rings is 1. The number of carbonyl (C=O) groups is 1. The van der Waals surface area contributed by atoms with E-state index < -0.39 is 0 Å². The lowest BCUT2D eigenvalue weighted by molar-refractivity contribution is -0.127. The zero-order valence-electron chi connectivity index (χ0n) is 13.4. The van der Waals surface area contributed by atoms with Crippen LogP contribution in [0.25, 0.3) is 0 Å². The number of hydrogen-bond donors (Lipinski definition) is 0. The molecule has 0 spiro atoms. The van der Waals surface area contributed by atoms with Gasteiger partial charge in [0.2, 0.25) is 5.91 Å². The third kappa shape index (κ3) is 4.14. The number of aromatic nitrogens is 1. The van der Waals surface area contributed by atoms with Gasteiger partial charge in [-0.2, -0.15) is 0 Å². The van der Waals surface area contributed by atoms with Gasteiger partial charge in [-0.05, 0) is 36.6 Å². The number of benzene rings is 1. The second-order valence-electron chi connectivity index (χ2n) is 6.00. The second-order valence-corrected chi connectivity index (χ2v) is 6.98. The monoisotopic (exact) mass is 326 g/mol. The lowest BCUT2D eigenvalue weighted by Gasteiger charge is -2.17. The van der Waals surface area contributed by atoms with E-state index in [1.165, 1.54) is 11.1 Å². The third-order valence-corrected chi connectivity index (χ3v) is 5.32. The standard InChI is InChI=1S/C19H22N2OS/c1-15-6-2-3-8-18(15)16-9-11-21(12-16)19(22)14-23-13-17-7-4-5-10-20-17/h2-8,10,16H,9,11-14H2,1H3/t16-/m0/s1. The van der Waals surface area contributed by atoms with Gasteiger partial charge in [-0.25, -0.2) is 0 Å². The first kappa shape index (κ1) is 16.1. The number of amides is 1. The van der Waals surface area contributed by atoms with Gasteiger partial charge in [0, 0.05) is 31.0 Å². The van der Waals surface area contributed by atoms with Crippen molar-refractivity contribution in [2.24, 2.45) is 0 Å². The van der Waals surface area contributed by atoms with Gasteiger partial charge >= 0.3 is 0 Å². The Balaban J connectivity index is 1.49. The van der Waals surface area contributed by atoms with E-state index in [-0.39, 0.29) is 5.91 Å². The van der Waals surface area contributed by atoms with Crippen molar-refractivity contribution < 1.29 is 4.79 Å². The van der Waals surface area contributed by atoms with Crippen LogP contribution in [-0.4, -0.2) is 34.6 Å². The molecule has 1 fully saturated rings. The molecule has 0 N–H and O–H groups in total. The maximum atomic E-state index is 12.4. The van der Waals surface area contributed by atoms with Gasteiger partial charge in [-0.15, -0.1) is 11.8 Å². The maximum absolute atomic E-state index is 12.4. The van der Waals surface area contributed by atoms with Crippen LogP contribution in [0.4, 0.5) is 0 Å². The molecule has 3 rings (SSSR count). The summed E-state index contributed by atoms with van der Waals surface area (Å²) in [6.07, 6.45) is 2.87. The molecule has 0 unspecified atom stereocenters. The fraction of sp³-hybridized carbons (Fsp3) is 0.368. The summed E-state index contributed by atoms with van der Waals surface area (Å²) in [7, 11) is 0. The molecule has 1 saturated heterocycles. The highest BCUT2D eigenvalue weighted by Gasteiger charge is 2.27. The number of likely N-dealkylation sites (tertiary alicyclic amines) is 1. The maximum Gasteiger partial charge on any atom is 0.232 e. The van der Waals surface area contributed by atoms with Crippen LogP contribution in [0.3, 0.4) is 0 Å². The fourth-order valence-electron chi connectivity index (χ4n) is 3.10. The highest BCUT2D eigenvalue weighted by molar-refractivity contribution is 7.99. The molecule has 1 atom stereocenters. The first-order valence-electron chi connectivity index (χ1n) is 8.05. The molecule has 1 aromatic carbocycles. The Bertz CT molecular complexity index is 659. The lowest BCUT2D eigenvalue weighted by Crippen LogP contribution is -2.30. The van der Waals surface area contributed by atoms with Crippen LogP contribution in [0.15, 0.2) is 48.7 Å². The summed E-state index contributed by atoms with van der Waals surface area (Å²) < 4.78 is 0. The van der Waals surface area contributed by atoms with Gasteiger partial charge in [-0.3, -0.25) is 9.78 Å². The van der Waals surface area contributed by atoms with Crippen LogP contribution >= 0.6 is 11.8 Å². The molecule has 1 amide bonds. The van der Waals surface area contributed by atoms with Gasteiger partial charge in [0.05, 0.1) is 11.4 Å². The normalized spacial score (nSPS) is 17.4. The Labute approximate surface area is 142 Å². The zero-order valence-corrected chi connectivity index (χ0v) is 14.3. The van der Waals surface area contributed by atoms with E-state index in [9.17, 15) is 4.79 Å². The van der Waals surface area contributed by atoms with Crippen molar-refractivity contribution in [3.63, 3.8) is 0 Å². The molecule has 3 nitrogen and oxygen atoms in total. The largest absolute Gasteiger partial charge is 0.341 e. The number of aryl methyl sites for hydroxylation is 1. The van der Waals surface area contributed by atoms with Gasteiger partial charge < -0.3 is 4.90 Å². The lowest BCUT2D eigenvalue weighted by atomic mass is 9.94. The quantitative estimate of drug-likeness (QED) is 0.841. The minimum atomic E-state index is 0.252. The van der Waals surface area contributed by atoms with Gasteiger partial charge in [-0.1, -0.05) is 30.3 Å². The molecule has 4 heteroatoms. The zero-order chi connectivity index (χ0) is 16.1. The molecule has 2 aromatic rings. The molecule has 23 heavy (non-hydrogen) atoms. The number of thioether (sulfide) groups is 1. The topological polar surface area (TPSA) is 33.2 Å². The first-order chi connectivity index (χ1) is 11.2. The van der Waals surface area contributed by atoms with Crippen LogP contribution in [0.5, 0.6) is 0 Å². The number of rotatable bonds is 5. The number of hydrogen-bond acceptors (Lipinski definition) is 3. The SMILES string of the molecule is Cc1ccccc1[C@H]1CCN(C(=O)CSCc2ccccn2)C1. The highest BCUT2D eigenvalue weighted by atomic mass is 32.2. The van der Waals surface area contributed by atoms with Crippen molar-refractivity contribution in [2.45, 2.75) is 25.0 Å². The molecule has 1 aliphatic rings. The Hall–Kier alpha value is -1.81. The summed E-state index contributed by atoms with van der Waals surface area (Å²) in [5, 5.41) is 0. The molecule has 1 aliphatic heterocycles. The smallest absolute Gasteiger partial charge is 0.232 e. The summed E-state index contributed by atoms with van der Waals surface area (Å²) >= 11 is 1.65. The molecule has 2 heterocycles. The molecule has 0 aliphatic carbocycles. The summed E-state index contributed by atoms with van der Waals surface area (Å²) in [4.78, 5) is 18.7. The van der Waals surface area contributed by atoms with E-state index >= 15 is 0 Å². The summed E-state index contributed by atoms with van der Waals surface area (Å²) in [5.74, 6) is 2.07. The van der Waals surface area contributed by atoms with Crippen molar-refractivity contribution in [3.05, 3.63) is 65.5 Å². The average molecular weight is 326 g/mol. The van der Waals surface area contributed by atoms with Crippen LogP contribution in [-0.2, 0) is 10.5 Å². The van der Waals surface area contributed by atoms with Crippen LogP contribution < -0.4 is 0 Å². The van der Waals surface area contributed by atoms with E-state index in [2.05, 4.69) is 36.2 Å². The van der Waals surface area contributed by atoms with Gasteiger partial charge in [0.1, 0.15) is 0 Å². The van der Waals surface area contributed by atoms with Crippen LogP contribution in [0.2, 0.25) is 0 Å². The highest BCUT2D eigenvalue weighted by Crippen LogP contribution is 2.29. The molecule has 0 bridgehead atoms. The number of nitrogens with zero attached hydrogens (tertiary/aromatic N) is 2. The van der Waals surface area contributed by atoms with Crippen molar-refractivity contribution in [1.29, 1.82) is 0 Å².